The lowest BCUT2D eigenvalue weighted by Gasteiger charge is -2.20. The summed E-state index contributed by atoms with van der Waals surface area (Å²) < 4.78 is 7.40. The van der Waals surface area contributed by atoms with Crippen molar-refractivity contribution in [3.8, 4) is 0 Å². The van der Waals surface area contributed by atoms with Crippen LogP contribution in [0.3, 0.4) is 0 Å². The van der Waals surface area contributed by atoms with E-state index in [2.05, 4.69) is 4.98 Å². The monoisotopic (exact) mass is 239 g/mol. The molecule has 0 unspecified atom stereocenters. The molecule has 1 aromatic heterocycles. The lowest BCUT2D eigenvalue weighted by molar-refractivity contribution is -0.142. The number of imidazole rings is 1. The Balaban J connectivity index is 2.11. The van der Waals surface area contributed by atoms with Crippen LogP contribution in [0.2, 0.25) is 0 Å². The lowest BCUT2D eigenvalue weighted by atomic mass is 10.2. The van der Waals surface area contributed by atoms with Gasteiger partial charge < -0.3 is 14.4 Å². The number of rotatable bonds is 4. The number of carboxylic acids is 1. The average Bonchev–Trinajstić information content (AvgIpc) is 2.95. The maximum atomic E-state index is 11.0. The van der Waals surface area contributed by atoms with Crippen LogP contribution >= 0.6 is 0 Å². The zero-order valence-electron chi connectivity index (χ0n) is 9.98. The Morgan fingerprint density at radius 2 is 2.35 bits per heavy atom. The molecule has 1 aliphatic rings. The number of methoxy groups -OCH3 is 1. The van der Waals surface area contributed by atoms with E-state index in [0.717, 1.165) is 0 Å². The molecule has 0 bridgehead atoms. The first-order valence-corrected chi connectivity index (χ1v) is 5.60. The van der Waals surface area contributed by atoms with Crippen LogP contribution < -0.4 is 0 Å². The van der Waals surface area contributed by atoms with Gasteiger partial charge in [-0.2, -0.15) is 0 Å². The molecule has 2 heterocycles. The van der Waals surface area contributed by atoms with Crippen molar-refractivity contribution in [3.05, 3.63) is 18.7 Å². The molecule has 1 aromatic rings. The van der Waals surface area contributed by atoms with Crippen LogP contribution in [0.1, 0.15) is 13.0 Å². The summed E-state index contributed by atoms with van der Waals surface area (Å²) in [6.45, 7) is 3.00. The number of hydrogen-bond acceptors (Lipinski definition) is 4. The minimum absolute atomic E-state index is 0.00556. The predicted octanol–water partition coefficient (Wildman–Crippen LogP) is 0.228. The summed E-state index contributed by atoms with van der Waals surface area (Å²) in [7, 11) is 1.66. The van der Waals surface area contributed by atoms with Gasteiger partial charge in [-0.05, 0) is 6.92 Å². The van der Waals surface area contributed by atoms with Crippen molar-refractivity contribution in [1.29, 1.82) is 0 Å². The molecule has 0 saturated carbocycles. The third-order valence-electron chi connectivity index (χ3n) is 3.38. The van der Waals surface area contributed by atoms with Crippen molar-refractivity contribution in [2.24, 2.45) is 0 Å². The number of hydrogen-bond donors (Lipinski definition) is 1. The van der Waals surface area contributed by atoms with Gasteiger partial charge in [0.15, 0.2) is 0 Å². The molecule has 0 aliphatic carbocycles. The first-order chi connectivity index (χ1) is 8.13. The molecule has 1 aliphatic heterocycles. The number of carbonyl (C=O) groups is 1. The van der Waals surface area contributed by atoms with Gasteiger partial charge >= 0.3 is 5.97 Å². The number of likely N-dealkylation sites (tertiary alicyclic amines) is 1. The standard InChI is InChI=1S/C11H17N3O3/c1-8(11(15)16)14-5-9(10(6-14)17-2)13-4-3-12-7-13/h3-4,7-10H,5-6H2,1-2H3,(H,15,16)/t8-,9+,10-/m1/s1. The molecule has 0 aromatic carbocycles. The van der Waals surface area contributed by atoms with Gasteiger partial charge in [0.1, 0.15) is 6.04 Å². The summed E-state index contributed by atoms with van der Waals surface area (Å²) in [5, 5.41) is 9.02. The highest BCUT2D eigenvalue weighted by atomic mass is 16.5. The fourth-order valence-electron chi connectivity index (χ4n) is 2.24. The molecule has 1 N–H and O–H groups in total. The van der Waals surface area contributed by atoms with Crippen molar-refractivity contribution >= 4 is 5.97 Å². The van der Waals surface area contributed by atoms with E-state index in [-0.39, 0.29) is 12.1 Å². The van der Waals surface area contributed by atoms with Crippen molar-refractivity contribution in [2.75, 3.05) is 20.2 Å². The van der Waals surface area contributed by atoms with Crippen molar-refractivity contribution in [3.63, 3.8) is 0 Å². The van der Waals surface area contributed by atoms with E-state index in [9.17, 15) is 4.79 Å². The predicted molar refractivity (Wildman–Crippen MR) is 60.7 cm³/mol. The van der Waals surface area contributed by atoms with Crippen molar-refractivity contribution in [2.45, 2.75) is 25.1 Å². The summed E-state index contributed by atoms with van der Waals surface area (Å²) >= 11 is 0. The quantitative estimate of drug-likeness (QED) is 0.814. The van der Waals surface area contributed by atoms with Gasteiger partial charge in [0.05, 0.1) is 18.5 Å². The highest BCUT2D eigenvalue weighted by Crippen LogP contribution is 2.25. The number of ether oxygens (including phenoxy) is 1. The summed E-state index contributed by atoms with van der Waals surface area (Å²) in [5.41, 5.74) is 0. The maximum Gasteiger partial charge on any atom is 0.320 e. The molecule has 0 amide bonds. The SMILES string of the molecule is CO[C@@H]1CN([C@H](C)C(=O)O)C[C@@H]1n1ccnc1. The topological polar surface area (TPSA) is 67.6 Å². The summed E-state index contributed by atoms with van der Waals surface area (Å²) in [5.74, 6) is -0.800. The zero-order valence-corrected chi connectivity index (χ0v) is 9.98. The molecule has 94 valence electrons. The molecular weight excluding hydrogens is 222 g/mol. The van der Waals surface area contributed by atoms with Gasteiger partial charge in [0.2, 0.25) is 0 Å². The molecule has 6 heteroatoms. The Kier molecular flexibility index (Phi) is 3.44. The molecule has 17 heavy (non-hydrogen) atoms. The van der Waals surface area contributed by atoms with Gasteiger partial charge in [-0.25, -0.2) is 4.98 Å². The van der Waals surface area contributed by atoms with Crippen LogP contribution in [-0.4, -0.2) is 57.9 Å². The molecule has 0 radical (unpaired) electrons. The second-order valence-electron chi connectivity index (χ2n) is 4.32. The summed E-state index contributed by atoms with van der Waals surface area (Å²) in [4.78, 5) is 16.9. The van der Waals surface area contributed by atoms with E-state index >= 15 is 0 Å². The van der Waals surface area contributed by atoms with E-state index in [4.69, 9.17) is 9.84 Å². The number of aliphatic carboxylic acids is 1. The first kappa shape index (κ1) is 12.1. The minimum atomic E-state index is -0.800. The molecule has 6 nitrogen and oxygen atoms in total. The highest BCUT2D eigenvalue weighted by Gasteiger charge is 2.37. The second-order valence-corrected chi connectivity index (χ2v) is 4.32. The molecule has 1 fully saturated rings. The fraction of sp³-hybridized carbons (Fsp3) is 0.636. The Morgan fingerprint density at radius 1 is 1.59 bits per heavy atom. The minimum Gasteiger partial charge on any atom is -0.480 e. The smallest absolute Gasteiger partial charge is 0.320 e. The van der Waals surface area contributed by atoms with Gasteiger partial charge in [-0.3, -0.25) is 9.69 Å². The van der Waals surface area contributed by atoms with Gasteiger partial charge in [0, 0.05) is 32.6 Å². The summed E-state index contributed by atoms with van der Waals surface area (Å²) in [6, 6.07) is -0.356. The fourth-order valence-corrected chi connectivity index (χ4v) is 2.24. The third kappa shape index (κ3) is 2.32. The number of carboxylic acid groups (broad SMARTS) is 1. The third-order valence-corrected chi connectivity index (χ3v) is 3.38. The van der Waals surface area contributed by atoms with Crippen molar-refractivity contribution < 1.29 is 14.6 Å². The average molecular weight is 239 g/mol. The normalized spacial score (nSPS) is 27.2. The number of aromatic nitrogens is 2. The van der Waals surface area contributed by atoms with Crippen LogP contribution in [0, 0.1) is 0 Å². The van der Waals surface area contributed by atoms with Crippen LogP contribution in [0.5, 0.6) is 0 Å². The molecule has 1 saturated heterocycles. The van der Waals surface area contributed by atoms with Gasteiger partial charge in [-0.1, -0.05) is 0 Å². The first-order valence-electron chi connectivity index (χ1n) is 5.60. The van der Waals surface area contributed by atoms with E-state index < -0.39 is 12.0 Å². The molecule has 3 atom stereocenters. The van der Waals surface area contributed by atoms with Crippen molar-refractivity contribution in [1.82, 2.24) is 14.5 Å². The Morgan fingerprint density at radius 3 is 2.88 bits per heavy atom. The molecule has 2 rings (SSSR count). The van der Waals surface area contributed by atoms with Crippen LogP contribution in [-0.2, 0) is 9.53 Å². The molecular formula is C11H17N3O3. The van der Waals surface area contributed by atoms with E-state index in [1.165, 1.54) is 0 Å². The number of nitrogens with zero attached hydrogens (tertiary/aromatic N) is 3. The van der Waals surface area contributed by atoms with Crippen LogP contribution in [0.25, 0.3) is 0 Å². The Labute approximate surface area is 99.8 Å². The zero-order chi connectivity index (χ0) is 12.4. The Hall–Kier alpha value is -1.40. The highest BCUT2D eigenvalue weighted by molar-refractivity contribution is 5.72. The van der Waals surface area contributed by atoms with Crippen LogP contribution in [0.15, 0.2) is 18.7 Å². The van der Waals surface area contributed by atoms with E-state index in [1.54, 1.807) is 26.6 Å². The van der Waals surface area contributed by atoms with E-state index in [1.807, 2.05) is 15.7 Å². The summed E-state index contributed by atoms with van der Waals surface area (Å²) in [6.07, 6.45) is 5.35. The second kappa shape index (κ2) is 4.85. The van der Waals surface area contributed by atoms with Gasteiger partial charge in [-0.15, -0.1) is 0 Å². The van der Waals surface area contributed by atoms with Gasteiger partial charge in [0.25, 0.3) is 0 Å². The largest absolute Gasteiger partial charge is 0.480 e. The van der Waals surface area contributed by atoms with E-state index in [0.29, 0.717) is 13.1 Å². The van der Waals surface area contributed by atoms with Crippen LogP contribution in [0.4, 0.5) is 0 Å². The molecule has 0 spiro atoms. The maximum absolute atomic E-state index is 11.0. The lowest BCUT2D eigenvalue weighted by Crippen LogP contribution is -2.37. The Bertz CT molecular complexity index is 379.